The number of thioether (sulfide) groups is 1. The summed E-state index contributed by atoms with van der Waals surface area (Å²) in [5, 5.41) is 9.17. The van der Waals surface area contributed by atoms with Gasteiger partial charge in [-0.25, -0.2) is 9.18 Å². The summed E-state index contributed by atoms with van der Waals surface area (Å²) in [6.07, 6.45) is -0.226. The van der Waals surface area contributed by atoms with Gasteiger partial charge in [0, 0.05) is 16.3 Å². The molecule has 0 bridgehead atoms. The summed E-state index contributed by atoms with van der Waals surface area (Å²) in [6, 6.07) is 3.34. The fourth-order valence-electron chi connectivity index (χ4n) is 1.85. The van der Waals surface area contributed by atoms with Gasteiger partial charge in [-0.15, -0.1) is 11.8 Å². The van der Waals surface area contributed by atoms with Crippen molar-refractivity contribution in [2.24, 2.45) is 0 Å². The Kier molecular flexibility index (Phi) is 4.31. The number of halogens is 2. The molecule has 0 spiro atoms. The third-order valence-electron chi connectivity index (χ3n) is 2.88. The van der Waals surface area contributed by atoms with E-state index in [-0.39, 0.29) is 17.0 Å². The van der Waals surface area contributed by atoms with Crippen LogP contribution in [0.2, 0.25) is 5.02 Å². The number of rotatable bonds is 3. The zero-order valence-corrected chi connectivity index (χ0v) is 11.4. The summed E-state index contributed by atoms with van der Waals surface area (Å²) in [5.74, 6) is -1.37. The molecule has 19 heavy (non-hydrogen) atoms. The summed E-state index contributed by atoms with van der Waals surface area (Å²) >= 11 is 7.21. The fourth-order valence-corrected chi connectivity index (χ4v) is 3.25. The van der Waals surface area contributed by atoms with Gasteiger partial charge in [0.2, 0.25) is 5.91 Å². The molecular formula is C12H11ClFNO3S. The molecule has 1 atom stereocenters. The smallest absolute Gasteiger partial charge is 0.327 e. The highest BCUT2D eigenvalue weighted by atomic mass is 35.5. The van der Waals surface area contributed by atoms with E-state index in [0.29, 0.717) is 11.6 Å². The van der Waals surface area contributed by atoms with Gasteiger partial charge in [0.05, 0.1) is 12.3 Å². The van der Waals surface area contributed by atoms with Crippen LogP contribution in [0.1, 0.15) is 5.56 Å². The largest absolute Gasteiger partial charge is 0.480 e. The predicted molar refractivity (Wildman–Crippen MR) is 70.7 cm³/mol. The second-order valence-electron chi connectivity index (χ2n) is 4.09. The number of carbonyl (C=O) groups is 2. The van der Waals surface area contributed by atoms with Gasteiger partial charge < -0.3 is 10.0 Å². The van der Waals surface area contributed by atoms with Gasteiger partial charge in [0.1, 0.15) is 11.9 Å². The average molecular weight is 304 g/mol. The molecular weight excluding hydrogens is 293 g/mol. The number of carboxylic acids is 1. The quantitative estimate of drug-likeness (QED) is 0.928. The number of amides is 1. The third kappa shape index (κ3) is 3.01. The van der Waals surface area contributed by atoms with Crippen LogP contribution in [0.25, 0.3) is 0 Å². The molecule has 1 heterocycles. The lowest BCUT2D eigenvalue weighted by Gasteiger charge is -2.20. The highest BCUT2D eigenvalue weighted by Gasteiger charge is 2.34. The van der Waals surface area contributed by atoms with Crippen molar-refractivity contribution in [2.45, 2.75) is 12.5 Å². The van der Waals surface area contributed by atoms with E-state index in [2.05, 4.69) is 0 Å². The maximum absolute atomic E-state index is 13.6. The number of nitrogens with zero attached hydrogens (tertiary/aromatic N) is 1. The minimum atomic E-state index is -1.04. The molecule has 1 aliphatic rings. The Morgan fingerprint density at radius 1 is 1.53 bits per heavy atom. The van der Waals surface area contributed by atoms with Crippen molar-refractivity contribution in [1.82, 2.24) is 4.90 Å². The molecule has 1 aliphatic heterocycles. The molecule has 7 heteroatoms. The Morgan fingerprint density at radius 2 is 2.26 bits per heavy atom. The van der Waals surface area contributed by atoms with Crippen molar-refractivity contribution in [3.8, 4) is 0 Å². The lowest BCUT2D eigenvalue weighted by atomic mass is 10.1. The Morgan fingerprint density at radius 3 is 2.89 bits per heavy atom. The SMILES string of the molecule is O=C(O)[C@@H]1CSCN1C(=O)Cc1c(F)cccc1Cl. The van der Waals surface area contributed by atoms with Gasteiger partial charge in [-0.1, -0.05) is 17.7 Å². The maximum atomic E-state index is 13.6. The minimum absolute atomic E-state index is 0.107. The first-order chi connectivity index (χ1) is 9.00. The molecule has 102 valence electrons. The molecule has 0 unspecified atom stereocenters. The molecule has 1 saturated heterocycles. The van der Waals surface area contributed by atoms with Crippen LogP contribution in [0.4, 0.5) is 4.39 Å². The van der Waals surface area contributed by atoms with Crippen LogP contribution in [-0.2, 0) is 16.0 Å². The first kappa shape index (κ1) is 14.1. The van der Waals surface area contributed by atoms with Crippen molar-refractivity contribution in [3.63, 3.8) is 0 Å². The van der Waals surface area contributed by atoms with Crippen molar-refractivity contribution >= 4 is 35.2 Å². The molecule has 0 aromatic heterocycles. The molecule has 1 N–H and O–H groups in total. The summed E-state index contributed by atoms with van der Waals surface area (Å²) in [6.45, 7) is 0. The van der Waals surface area contributed by atoms with E-state index in [1.165, 1.54) is 34.9 Å². The number of benzene rings is 1. The maximum Gasteiger partial charge on any atom is 0.327 e. The van der Waals surface area contributed by atoms with Crippen LogP contribution in [0.15, 0.2) is 18.2 Å². The molecule has 0 aliphatic carbocycles. The number of aliphatic carboxylic acids is 1. The van der Waals surface area contributed by atoms with Gasteiger partial charge in [-0.05, 0) is 12.1 Å². The van der Waals surface area contributed by atoms with Crippen LogP contribution in [0, 0.1) is 5.82 Å². The van der Waals surface area contributed by atoms with Gasteiger partial charge in [-0.2, -0.15) is 0 Å². The lowest BCUT2D eigenvalue weighted by Crippen LogP contribution is -2.42. The lowest BCUT2D eigenvalue weighted by molar-refractivity contribution is -0.147. The van der Waals surface area contributed by atoms with Gasteiger partial charge in [0.25, 0.3) is 0 Å². The van der Waals surface area contributed by atoms with E-state index >= 15 is 0 Å². The molecule has 0 radical (unpaired) electrons. The van der Waals surface area contributed by atoms with E-state index < -0.39 is 23.7 Å². The Hall–Kier alpha value is -1.27. The highest BCUT2D eigenvalue weighted by molar-refractivity contribution is 7.99. The standard InChI is InChI=1S/C12H11ClFNO3S/c13-8-2-1-3-9(14)7(8)4-11(16)15-6-19-5-10(15)12(17)18/h1-3,10H,4-6H2,(H,17,18)/t10-/m0/s1. The van der Waals surface area contributed by atoms with Crippen molar-refractivity contribution in [2.75, 3.05) is 11.6 Å². The van der Waals surface area contributed by atoms with Crippen molar-refractivity contribution in [1.29, 1.82) is 0 Å². The molecule has 1 aromatic rings. The molecule has 1 amide bonds. The third-order valence-corrected chi connectivity index (χ3v) is 4.24. The van der Waals surface area contributed by atoms with Crippen LogP contribution in [-0.4, -0.2) is 39.6 Å². The van der Waals surface area contributed by atoms with E-state index in [0.717, 1.165) is 0 Å². The number of hydrogen-bond acceptors (Lipinski definition) is 3. The fraction of sp³-hybridized carbons (Fsp3) is 0.333. The van der Waals surface area contributed by atoms with Crippen LogP contribution in [0.3, 0.4) is 0 Å². The predicted octanol–water partition coefficient (Wildman–Crippen LogP) is 2.01. The zero-order valence-electron chi connectivity index (χ0n) is 9.81. The summed E-state index contributed by atoms with van der Waals surface area (Å²) in [5.41, 5.74) is 0.107. The normalized spacial score (nSPS) is 18.6. The molecule has 2 rings (SSSR count). The second-order valence-corrected chi connectivity index (χ2v) is 5.50. The van der Waals surface area contributed by atoms with E-state index in [1.807, 2.05) is 0 Å². The summed E-state index contributed by atoms with van der Waals surface area (Å²) < 4.78 is 13.6. The Bertz CT molecular complexity index is 505. The van der Waals surface area contributed by atoms with E-state index in [1.54, 1.807) is 0 Å². The molecule has 0 saturated carbocycles. The molecule has 1 aromatic carbocycles. The van der Waals surface area contributed by atoms with Crippen molar-refractivity contribution < 1.29 is 19.1 Å². The Balaban J connectivity index is 2.15. The minimum Gasteiger partial charge on any atom is -0.480 e. The van der Waals surface area contributed by atoms with Crippen molar-refractivity contribution in [3.05, 3.63) is 34.6 Å². The van der Waals surface area contributed by atoms with E-state index in [9.17, 15) is 14.0 Å². The number of carboxylic acid groups (broad SMARTS) is 1. The first-order valence-electron chi connectivity index (χ1n) is 5.53. The second kappa shape index (κ2) is 5.79. The van der Waals surface area contributed by atoms with Gasteiger partial charge in [0.15, 0.2) is 0 Å². The average Bonchev–Trinajstić information content (AvgIpc) is 2.83. The molecule has 4 nitrogen and oxygen atoms in total. The Labute approximate surface area is 118 Å². The summed E-state index contributed by atoms with van der Waals surface area (Å²) in [4.78, 5) is 24.3. The monoisotopic (exact) mass is 303 g/mol. The molecule has 1 fully saturated rings. The van der Waals surface area contributed by atoms with E-state index in [4.69, 9.17) is 16.7 Å². The van der Waals surface area contributed by atoms with Crippen LogP contribution < -0.4 is 0 Å². The van der Waals surface area contributed by atoms with Crippen LogP contribution in [0.5, 0.6) is 0 Å². The number of carbonyl (C=O) groups excluding carboxylic acids is 1. The van der Waals surface area contributed by atoms with Gasteiger partial charge in [-0.3, -0.25) is 4.79 Å². The topological polar surface area (TPSA) is 57.6 Å². The number of hydrogen-bond donors (Lipinski definition) is 1. The first-order valence-corrected chi connectivity index (χ1v) is 7.07. The zero-order chi connectivity index (χ0) is 14.0. The summed E-state index contributed by atoms with van der Waals surface area (Å²) in [7, 11) is 0. The van der Waals surface area contributed by atoms with Gasteiger partial charge >= 0.3 is 5.97 Å². The highest BCUT2D eigenvalue weighted by Crippen LogP contribution is 2.25. The van der Waals surface area contributed by atoms with Crippen LogP contribution >= 0.6 is 23.4 Å².